The molecule has 0 aliphatic carbocycles. The molecule has 0 spiro atoms. The largest absolute Gasteiger partial charge is 0.299 e. The van der Waals surface area contributed by atoms with Crippen LogP contribution in [0.4, 0.5) is 8.78 Å². The fourth-order valence-electron chi connectivity index (χ4n) is 1.52. The Morgan fingerprint density at radius 1 is 1.28 bits per heavy atom. The van der Waals surface area contributed by atoms with E-state index in [1.54, 1.807) is 0 Å². The molecule has 3 nitrogen and oxygen atoms in total. The molecule has 6 heteroatoms. The molecule has 1 aromatic rings. The lowest BCUT2D eigenvalue weighted by molar-refractivity contribution is -0.118. The number of hydrogen-bond donors (Lipinski definition) is 0. The maximum atomic E-state index is 13.3. The smallest absolute Gasteiger partial charge is 0.162 e. The number of Topliss-reactive ketones (excluding diaryl/α,β-unsaturated/α-hetero) is 1. The molecule has 0 atom stereocenters. The molecule has 100 valence electrons. The number of sulfone groups is 1. The zero-order valence-corrected chi connectivity index (χ0v) is 10.8. The van der Waals surface area contributed by atoms with Gasteiger partial charge in [-0.3, -0.25) is 4.79 Å². The molecule has 0 aliphatic rings. The Kier molecular flexibility index (Phi) is 4.95. The van der Waals surface area contributed by atoms with Crippen LogP contribution < -0.4 is 0 Å². The van der Waals surface area contributed by atoms with E-state index in [0.717, 1.165) is 12.3 Å². The number of halogens is 2. The number of hydrogen-bond acceptors (Lipinski definition) is 3. The Labute approximate surface area is 105 Å². The Morgan fingerprint density at radius 2 is 1.94 bits per heavy atom. The fourth-order valence-corrected chi connectivity index (χ4v) is 2.19. The quantitative estimate of drug-likeness (QED) is 0.797. The number of carbonyl (C=O) groups is 1. The monoisotopic (exact) mass is 276 g/mol. The number of rotatable bonds is 6. The van der Waals surface area contributed by atoms with E-state index >= 15 is 0 Å². The lowest BCUT2D eigenvalue weighted by atomic mass is 10.1. The van der Waals surface area contributed by atoms with Crippen molar-refractivity contribution in [2.75, 3.05) is 12.0 Å². The van der Waals surface area contributed by atoms with Gasteiger partial charge in [0.15, 0.2) is 11.6 Å². The highest BCUT2D eigenvalue weighted by Gasteiger charge is 2.12. The van der Waals surface area contributed by atoms with Crippen molar-refractivity contribution < 1.29 is 22.0 Å². The third kappa shape index (κ3) is 4.91. The Bertz CT molecular complexity index is 538. The van der Waals surface area contributed by atoms with Gasteiger partial charge in [-0.25, -0.2) is 17.2 Å². The average Bonchev–Trinajstić information content (AvgIpc) is 2.23. The van der Waals surface area contributed by atoms with Crippen LogP contribution in [-0.4, -0.2) is 26.2 Å². The summed E-state index contributed by atoms with van der Waals surface area (Å²) in [5.74, 6) is -2.39. The lowest BCUT2D eigenvalue weighted by Crippen LogP contribution is -2.09. The first kappa shape index (κ1) is 14.8. The topological polar surface area (TPSA) is 51.2 Å². The summed E-state index contributed by atoms with van der Waals surface area (Å²) in [7, 11) is -3.09. The molecular formula is C12H14F2O3S. The van der Waals surface area contributed by atoms with E-state index in [1.165, 1.54) is 12.1 Å². The summed E-state index contributed by atoms with van der Waals surface area (Å²) in [5.41, 5.74) is -0.000597. The Hall–Kier alpha value is -1.30. The third-order valence-corrected chi connectivity index (χ3v) is 3.42. The van der Waals surface area contributed by atoms with Gasteiger partial charge < -0.3 is 0 Å². The van der Waals surface area contributed by atoms with Crippen LogP contribution in [-0.2, 0) is 21.1 Å². The second-order valence-electron chi connectivity index (χ2n) is 4.16. The summed E-state index contributed by atoms with van der Waals surface area (Å²) in [6.07, 6.45) is 1.12. The van der Waals surface area contributed by atoms with Crippen LogP contribution in [0.1, 0.15) is 18.4 Å². The first-order valence-electron chi connectivity index (χ1n) is 5.42. The minimum Gasteiger partial charge on any atom is -0.299 e. The summed E-state index contributed by atoms with van der Waals surface area (Å²) in [5, 5.41) is 0. The predicted octanol–water partition coefficient (Wildman–Crippen LogP) is 1.90. The Morgan fingerprint density at radius 3 is 2.56 bits per heavy atom. The van der Waals surface area contributed by atoms with E-state index in [0.29, 0.717) is 0 Å². The molecule has 0 aliphatic heterocycles. The van der Waals surface area contributed by atoms with Gasteiger partial charge in [0.1, 0.15) is 15.6 Å². The highest BCUT2D eigenvalue weighted by molar-refractivity contribution is 7.90. The fraction of sp³-hybridized carbons (Fsp3) is 0.417. The molecule has 0 N–H and O–H groups in total. The summed E-state index contributed by atoms with van der Waals surface area (Å²) in [6, 6.07) is 3.65. The predicted molar refractivity (Wildman–Crippen MR) is 64.0 cm³/mol. The van der Waals surface area contributed by atoms with Gasteiger partial charge >= 0.3 is 0 Å². The molecule has 18 heavy (non-hydrogen) atoms. The molecule has 0 unspecified atom stereocenters. The summed E-state index contributed by atoms with van der Waals surface area (Å²) in [4.78, 5) is 11.5. The zero-order valence-electron chi connectivity index (χ0n) is 9.95. The van der Waals surface area contributed by atoms with Crippen molar-refractivity contribution in [3.63, 3.8) is 0 Å². The summed E-state index contributed by atoms with van der Waals surface area (Å²) < 4.78 is 47.8. The minimum absolute atomic E-state index is 0.000597. The average molecular weight is 276 g/mol. The van der Waals surface area contributed by atoms with Crippen molar-refractivity contribution in [2.45, 2.75) is 19.3 Å². The molecule has 0 saturated heterocycles. The van der Waals surface area contributed by atoms with Gasteiger partial charge in [-0.15, -0.1) is 0 Å². The van der Waals surface area contributed by atoms with Gasteiger partial charge in [0.05, 0.1) is 5.75 Å². The van der Waals surface area contributed by atoms with Crippen molar-refractivity contribution in [2.24, 2.45) is 0 Å². The highest BCUT2D eigenvalue weighted by Crippen LogP contribution is 2.13. The molecule has 0 bridgehead atoms. The number of ketones is 1. The van der Waals surface area contributed by atoms with E-state index in [4.69, 9.17) is 0 Å². The maximum Gasteiger partial charge on any atom is 0.162 e. The molecule has 0 radical (unpaired) electrons. The lowest BCUT2D eigenvalue weighted by Gasteiger charge is -2.03. The van der Waals surface area contributed by atoms with E-state index in [-0.39, 0.29) is 36.4 Å². The van der Waals surface area contributed by atoms with Crippen molar-refractivity contribution in [1.29, 1.82) is 0 Å². The van der Waals surface area contributed by atoms with E-state index < -0.39 is 21.5 Å². The van der Waals surface area contributed by atoms with Crippen molar-refractivity contribution in [3.05, 3.63) is 35.4 Å². The van der Waals surface area contributed by atoms with Crippen LogP contribution in [0, 0.1) is 11.6 Å². The van der Waals surface area contributed by atoms with E-state index in [9.17, 15) is 22.0 Å². The summed E-state index contributed by atoms with van der Waals surface area (Å²) >= 11 is 0. The van der Waals surface area contributed by atoms with Crippen LogP contribution in [0.5, 0.6) is 0 Å². The van der Waals surface area contributed by atoms with Gasteiger partial charge in [0.2, 0.25) is 0 Å². The molecule has 0 fully saturated rings. The zero-order chi connectivity index (χ0) is 13.8. The van der Waals surface area contributed by atoms with Gasteiger partial charge in [0.25, 0.3) is 0 Å². The molecule has 0 amide bonds. The molecule has 0 heterocycles. The van der Waals surface area contributed by atoms with E-state index in [1.807, 2.05) is 0 Å². The first-order chi connectivity index (χ1) is 8.29. The third-order valence-electron chi connectivity index (χ3n) is 2.39. The van der Waals surface area contributed by atoms with Crippen LogP contribution in [0.3, 0.4) is 0 Å². The first-order valence-corrected chi connectivity index (χ1v) is 7.48. The van der Waals surface area contributed by atoms with Gasteiger partial charge in [-0.2, -0.15) is 0 Å². The number of benzene rings is 1. The second kappa shape index (κ2) is 6.04. The maximum absolute atomic E-state index is 13.3. The minimum atomic E-state index is -3.09. The second-order valence-corrected chi connectivity index (χ2v) is 6.42. The highest BCUT2D eigenvalue weighted by atomic mass is 32.2. The molecule has 0 saturated carbocycles. The molecule has 1 aromatic carbocycles. The molecule has 1 rings (SSSR count). The van der Waals surface area contributed by atoms with Gasteiger partial charge in [0, 0.05) is 19.1 Å². The molecular weight excluding hydrogens is 262 g/mol. The van der Waals surface area contributed by atoms with Crippen molar-refractivity contribution in [3.8, 4) is 0 Å². The normalized spacial score (nSPS) is 11.5. The van der Waals surface area contributed by atoms with E-state index in [2.05, 4.69) is 0 Å². The Balaban J connectivity index is 2.53. The van der Waals surface area contributed by atoms with Crippen LogP contribution >= 0.6 is 0 Å². The van der Waals surface area contributed by atoms with Gasteiger partial charge in [-0.1, -0.05) is 12.1 Å². The van der Waals surface area contributed by atoms with Crippen LogP contribution in [0.2, 0.25) is 0 Å². The van der Waals surface area contributed by atoms with Crippen LogP contribution in [0.15, 0.2) is 18.2 Å². The SMILES string of the molecule is CS(=O)(=O)CCCC(=O)Cc1cccc(F)c1F. The van der Waals surface area contributed by atoms with Crippen molar-refractivity contribution in [1.82, 2.24) is 0 Å². The van der Waals surface area contributed by atoms with Crippen LogP contribution in [0.25, 0.3) is 0 Å². The number of carbonyl (C=O) groups excluding carboxylic acids is 1. The molecule has 0 aromatic heterocycles. The standard InChI is InChI=1S/C12H14F2O3S/c1-18(16,17)7-3-5-10(15)8-9-4-2-6-11(13)12(9)14/h2,4,6H,3,5,7-8H2,1H3. The van der Waals surface area contributed by atoms with Gasteiger partial charge in [-0.05, 0) is 18.1 Å². The van der Waals surface area contributed by atoms with Crippen molar-refractivity contribution >= 4 is 15.6 Å². The summed E-state index contributed by atoms with van der Waals surface area (Å²) in [6.45, 7) is 0.